The van der Waals surface area contributed by atoms with Crippen LogP contribution in [0.25, 0.3) is 10.9 Å². The lowest BCUT2D eigenvalue weighted by atomic mass is 9.78. The van der Waals surface area contributed by atoms with E-state index in [1.807, 2.05) is 25.1 Å². The molecule has 0 aliphatic carbocycles. The van der Waals surface area contributed by atoms with Gasteiger partial charge in [0.2, 0.25) is 0 Å². The van der Waals surface area contributed by atoms with E-state index in [1.54, 1.807) is 0 Å². The fourth-order valence-corrected chi connectivity index (χ4v) is 4.37. The van der Waals surface area contributed by atoms with E-state index in [4.69, 9.17) is 18.8 Å². The largest absolute Gasteiger partial charge is 0.494 e. The average Bonchev–Trinajstić information content (AvgIpc) is 3.27. The number of unbranched alkanes of at least 4 members (excludes halogenated alkanes) is 1. The lowest BCUT2D eigenvalue weighted by Crippen LogP contribution is -2.41. The molecule has 1 fully saturated rings. The van der Waals surface area contributed by atoms with Crippen LogP contribution >= 0.6 is 0 Å². The van der Waals surface area contributed by atoms with Gasteiger partial charge in [-0.1, -0.05) is 37.6 Å². The molecule has 1 aliphatic heterocycles. The van der Waals surface area contributed by atoms with E-state index in [0.717, 1.165) is 52.7 Å². The maximum absolute atomic E-state index is 12.3. The number of nitrogens with zero attached hydrogens (tertiary/aromatic N) is 1. The van der Waals surface area contributed by atoms with Gasteiger partial charge in [0, 0.05) is 23.6 Å². The number of benzene rings is 2. The normalized spacial score (nSPS) is 16.4. The quantitative estimate of drug-likeness (QED) is 0.220. The summed E-state index contributed by atoms with van der Waals surface area (Å²) in [6.45, 7) is 14.0. The van der Waals surface area contributed by atoms with Crippen molar-refractivity contribution in [2.75, 3.05) is 13.2 Å². The Morgan fingerprint density at radius 1 is 1.00 bits per heavy atom. The first kappa shape index (κ1) is 26.3. The van der Waals surface area contributed by atoms with E-state index in [2.05, 4.69) is 69.6 Å². The summed E-state index contributed by atoms with van der Waals surface area (Å²) >= 11 is 0. The predicted octanol–water partition coefficient (Wildman–Crippen LogP) is 5.27. The van der Waals surface area contributed by atoms with Crippen molar-refractivity contribution in [1.29, 1.82) is 0 Å². The summed E-state index contributed by atoms with van der Waals surface area (Å²) in [6, 6.07) is 14.4. The van der Waals surface area contributed by atoms with Gasteiger partial charge in [0.05, 0.1) is 30.8 Å². The van der Waals surface area contributed by atoms with Crippen LogP contribution in [0.3, 0.4) is 0 Å². The zero-order chi connectivity index (χ0) is 25.9. The van der Waals surface area contributed by atoms with Gasteiger partial charge < -0.3 is 23.3 Å². The molecule has 0 bridgehead atoms. The summed E-state index contributed by atoms with van der Waals surface area (Å²) in [4.78, 5) is 12.3. The Kier molecular flexibility index (Phi) is 7.81. The molecule has 0 amide bonds. The minimum Gasteiger partial charge on any atom is -0.494 e. The summed E-state index contributed by atoms with van der Waals surface area (Å²) in [6.07, 6.45) is 4.45. The zero-order valence-corrected chi connectivity index (χ0v) is 22.4. The van der Waals surface area contributed by atoms with Gasteiger partial charge in [0.25, 0.3) is 0 Å². The molecule has 36 heavy (non-hydrogen) atoms. The van der Waals surface area contributed by atoms with Crippen molar-refractivity contribution in [3.8, 4) is 5.75 Å². The van der Waals surface area contributed by atoms with Crippen molar-refractivity contribution in [3.05, 3.63) is 59.8 Å². The number of aromatic nitrogens is 1. The van der Waals surface area contributed by atoms with E-state index >= 15 is 0 Å². The van der Waals surface area contributed by atoms with Crippen LogP contribution in [-0.4, -0.2) is 42.1 Å². The van der Waals surface area contributed by atoms with Gasteiger partial charge in [-0.15, -0.1) is 0 Å². The summed E-state index contributed by atoms with van der Waals surface area (Å²) in [5.41, 5.74) is 3.27. The highest BCUT2D eigenvalue weighted by atomic mass is 16.7. The molecule has 7 heteroatoms. The second kappa shape index (κ2) is 10.7. The zero-order valence-electron chi connectivity index (χ0n) is 22.4. The summed E-state index contributed by atoms with van der Waals surface area (Å²) in [7, 11) is -0.448. The van der Waals surface area contributed by atoms with Crippen molar-refractivity contribution >= 4 is 29.5 Å². The van der Waals surface area contributed by atoms with Crippen LogP contribution in [0.2, 0.25) is 0 Å². The molecule has 0 unspecified atom stereocenters. The first-order valence-electron chi connectivity index (χ1n) is 13.0. The van der Waals surface area contributed by atoms with E-state index in [9.17, 15) is 4.79 Å². The molecule has 0 N–H and O–H groups in total. The molecule has 1 saturated heterocycles. The number of esters is 1. The molecule has 0 radical (unpaired) electrons. The number of hydrogen-bond acceptors (Lipinski definition) is 5. The van der Waals surface area contributed by atoms with E-state index in [0.29, 0.717) is 13.2 Å². The molecule has 1 aromatic heterocycles. The molecule has 0 spiro atoms. The maximum Gasteiger partial charge on any atom is 0.494 e. The first-order chi connectivity index (χ1) is 17.1. The van der Waals surface area contributed by atoms with Crippen LogP contribution in [0.1, 0.15) is 65.5 Å². The minimum atomic E-state index is -0.448. The van der Waals surface area contributed by atoms with Crippen molar-refractivity contribution in [2.45, 2.75) is 78.6 Å². The van der Waals surface area contributed by atoms with Gasteiger partial charge in [-0.3, -0.25) is 4.79 Å². The Bertz CT molecular complexity index is 1180. The standard InChI is InChI=1S/C29H38BNO5/c1-7-9-16-34-24-13-10-21(11-14-24)19-31-20-22(17-27(32)33-8-2)25-15-12-23(18-26(25)31)30-35-28(3,4)29(5,6)36-30/h10-15,18,20H,7-9,16-17,19H2,1-6H3. The number of hydrogen-bond donors (Lipinski definition) is 0. The second-order valence-electron chi connectivity index (χ2n) is 10.5. The molecule has 192 valence electrons. The molecule has 1 aliphatic rings. The van der Waals surface area contributed by atoms with Gasteiger partial charge in [-0.25, -0.2) is 0 Å². The molecule has 4 rings (SSSR count). The Morgan fingerprint density at radius 3 is 2.33 bits per heavy atom. The SMILES string of the molecule is CCCCOc1ccc(Cn2cc(CC(=O)OCC)c3ccc(B4OC(C)(C)C(C)(C)O4)cc32)cc1. The van der Waals surface area contributed by atoms with Crippen LogP contribution in [0.15, 0.2) is 48.7 Å². The summed E-state index contributed by atoms with van der Waals surface area (Å²) < 4.78 is 25.8. The number of ether oxygens (including phenoxy) is 2. The third kappa shape index (κ3) is 5.63. The molecule has 3 aromatic rings. The van der Waals surface area contributed by atoms with Crippen molar-refractivity contribution in [2.24, 2.45) is 0 Å². The lowest BCUT2D eigenvalue weighted by Gasteiger charge is -2.32. The topological polar surface area (TPSA) is 58.9 Å². The molecule has 0 saturated carbocycles. The van der Waals surface area contributed by atoms with E-state index in [1.165, 1.54) is 0 Å². The van der Waals surface area contributed by atoms with Crippen LogP contribution in [0.5, 0.6) is 5.75 Å². The van der Waals surface area contributed by atoms with Gasteiger partial charge in [-0.2, -0.15) is 0 Å². The van der Waals surface area contributed by atoms with Crippen LogP contribution in [-0.2, 0) is 31.8 Å². The Balaban J connectivity index is 1.64. The molecular formula is C29H38BNO5. The van der Waals surface area contributed by atoms with Gasteiger partial charge in [-0.05, 0) is 75.8 Å². The minimum absolute atomic E-state index is 0.222. The third-order valence-corrected chi connectivity index (χ3v) is 7.20. The Labute approximate surface area is 215 Å². The van der Waals surface area contributed by atoms with E-state index < -0.39 is 18.3 Å². The summed E-state index contributed by atoms with van der Waals surface area (Å²) in [5.74, 6) is 0.663. The highest BCUT2D eigenvalue weighted by Crippen LogP contribution is 2.37. The van der Waals surface area contributed by atoms with Gasteiger partial charge in [0.1, 0.15) is 5.75 Å². The number of rotatable bonds is 10. The second-order valence-corrected chi connectivity index (χ2v) is 10.5. The first-order valence-corrected chi connectivity index (χ1v) is 13.0. The fraction of sp³-hybridized carbons (Fsp3) is 0.483. The fourth-order valence-electron chi connectivity index (χ4n) is 4.37. The van der Waals surface area contributed by atoms with Crippen molar-refractivity contribution in [3.63, 3.8) is 0 Å². The van der Waals surface area contributed by atoms with Crippen LogP contribution in [0, 0.1) is 0 Å². The number of fused-ring (bicyclic) bond motifs is 1. The molecule has 6 nitrogen and oxygen atoms in total. The van der Waals surface area contributed by atoms with Crippen LogP contribution in [0.4, 0.5) is 0 Å². The summed E-state index contributed by atoms with van der Waals surface area (Å²) in [5, 5.41) is 1.03. The highest BCUT2D eigenvalue weighted by molar-refractivity contribution is 6.62. The molecule has 2 heterocycles. The van der Waals surface area contributed by atoms with Gasteiger partial charge >= 0.3 is 13.1 Å². The van der Waals surface area contributed by atoms with Crippen LogP contribution < -0.4 is 10.2 Å². The van der Waals surface area contributed by atoms with Gasteiger partial charge in [0.15, 0.2) is 0 Å². The molecular weight excluding hydrogens is 453 g/mol. The lowest BCUT2D eigenvalue weighted by molar-refractivity contribution is -0.142. The van der Waals surface area contributed by atoms with Crippen molar-refractivity contribution in [1.82, 2.24) is 4.57 Å². The molecule has 2 aromatic carbocycles. The maximum atomic E-state index is 12.3. The number of carbonyl (C=O) groups is 1. The monoisotopic (exact) mass is 491 g/mol. The predicted molar refractivity (Wildman–Crippen MR) is 144 cm³/mol. The van der Waals surface area contributed by atoms with E-state index in [-0.39, 0.29) is 12.4 Å². The Morgan fingerprint density at radius 2 is 1.69 bits per heavy atom. The average molecular weight is 491 g/mol. The number of carbonyl (C=O) groups excluding carboxylic acids is 1. The third-order valence-electron chi connectivity index (χ3n) is 7.20. The smallest absolute Gasteiger partial charge is 0.494 e. The molecule has 0 atom stereocenters. The Hall–Kier alpha value is -2.77. The van der Waals surface area contributed by atoms with Crippen molar-refractivity contribution < 1.29 is 23.6 Å². The highest BCUT2D eigenvalue weighted by Gasteiger charge is 2.51.